The van der Waals surface area contributed by atoms with Crippen LogP contribution >= 0.6 is 9.03 Å². The quantitative estimate of drug-likeness (QED) is 0.278. The van der Waals surface area contributed by atoms with Crippen LogP contribution in [0.2, 0.25) is 0 Å². The van der Waals surface area contributed by atoms with Crippen molar-refractivity contribution < 1.29 is 9.05 Å². The van der Waals surface area contributed by atoms with E-state index in [-0.39, 0.29) is 9.03 Å². The van der Waals surface area contributed by atoms with E-state index in [0.717, 1.165) is 32.3 Å². The van der Waals surface area contributed by atoms with Gasteiger partial charge in [-0.3, -0.25) is 0 Å². The smallest absolute Gasteiger partial charge is 0.155 e. The molecule has 0 heterocycles. The summed E-state index contributed by atoms with van der Waals surface area (Å²) in [6.45, 7) is 8.94. The molecular weight excluding hydrogens is 219 g/mol. The molecule has 0 aliphatic rings. The molecule has 0 aromatic carbocycles. The number of allylic oxidation sites excluding steroid dienone is 1. The maximum atomic E-state index is 5.75. The molecule has 0 saturated heterocycles. The van der Waals surface area contributed by atoms with Crippen molar-refractivity contribution in [2.75, 3.05) is 6.61 Å². The van der Waals surface area contributed by atoms with Crippen LogP contribution in [0, 0.1) is 0 Å². The third-order valence-corrected chi connectivity index (χ3v) is 3.17. The number of rotatable bonds is 12. The van der Waals surface area contributed by atoms with Crippen LogP contribution in [0.15, 0.2) is 12.7 Å². The molecule has 2 unspecified atom stereocenters. The van der Waals surface area contributed by atoms with E-state index in [1.54, 1.807) is 0 Å². The molecule has 0 aliphatic heterocycles. The molecule has 16 heavy (non-hydrogen) atoms. The SMILES string of the molecule is C=CCCCC(CCC)OPOCCCC. The van der Waals surface area contributed by atoms with Gasteiger partial charge in [0, 0.05) is 0 Å². The molecule has 0 rings (SSSR count). The summed E-state index contributed by atoms with van der Waals surface area (Å²) >= 11 is 0. The summed E-state index contributed by atoms with van der Waals surface area (Å²) in [7, 11) is 0.218. The van der Waals surface area contributed by atoms with Gasteiger partial charge in [0.05, 0.1) is 12.7 Å². The molecule has 96 valence electrons. The molecular formula is C13H27O2P. The Balaban J connectivity index is 3.46. The van der Waals surface area contributed by atoms with Gasteiger partial charge in [-0.1, -0.05) is 32.8 Å². The van der Waals surface area contributed by atoms with Crippen LogP contribution in [0.1, 0.15) is 58.8 Å². The average molecular weight is 246 g/mol. The first-order valence-electron chi connectivity index (χ1n) is 6.48. The summed E-state index contributed by atoms with van der Waals surface area (Å²) in [5, 5.41) is 0. The Morgan fingerprint density at radius 2 is 2.00 bits per heavy atom. The van der Waals surface area contributed by atoms with Crippen LogP contribution in [0.5, 0.6) is 0 Å². The van der Waals surface area contributed by atoms with Gasteiger partial charge in [-0.2, -0.15) is 0 Å². The Kier molecular flexibility index (Phi) is 13.2. The van der Waals surface area contributed by atoms with Gasteiger partial charge in [-0.05, 0) is 32.1 Å². The third-order valence-electron chi connectivity index (χ3n) is 2.42. The molecule has 0 amide bonds. The Hall–Kier alpha value is 0.0900. The first kappa shape index (κ1) is 16.1. The summed E-state index contributed by atoms with van der Waals surface area (Å²) in [5.41, 5.74) is 0. The highest BCUT2D eigenvalue weighted by atomic mass is 31.1. The van der Waals surface area contributed by atoms with Crippen LogP contribution < -0.4 is 0 Å². The number of hydrogen-bond acceptors (Lipinski definition) is 2. The first-order chi connectivity index (χ1) is 7.85. The van der Waals surface area contributed by atoms with Crippen LogP contribution in [-0.2, 0) is 9.05 Å². The fourth-order valence-corrected chi connectivity index (χ4v) is 2.10. The molecule has 2 nitrogen and oxygen atoms in total. The molecule has 0 spiro atoms. The summed E-state index contributed by atoms with van der Waals surface area (Å²) in [6, 6.07) is 0. The van der Waals surface area contributed by atoms with Crippen molar-refractivity contribution in [1.82, 2.24) is 0 Å². The summed E-state index contributed by atoms with van der Waals surface area (Å²) in [6.07, 6.45) is 10.4. The summed E-state index contributed by atoms with van der Waals surface area (Å²) in [4.78, 5) is 0. The summed E-state index contributed by atoms with van der Waals surface area (Å²) in [5.74, 6) is 0. The van der Waals surface area contributed by atoms with Crippen molar-refractivity contribution in [2.24, 2.45) is 0 Å². The minimum Gasteiger partial charge on any atom is -0.336 e. The van der Waals surface area contributed by atoms with Crippen molar-refractivity contribution >= 4 is 9.03 Å². The van der Waals surface area contributed by atoms with Gasteiger partial charge in [0.1, 0.15) is 0 Å². The molecule has 0 aromatic heterocycles. The van der Waals surface area contributed by atoms with E-state index in [1.165, 1.54) is 19.3 Å². The largest absolute Gasteiger partial charge is 0.336 e. The predicted molar refractivity (Wildman–Crippen MR) is 73.0 cm³/mol. The van der Waals surface area contributed by atoms with E-state index in [1.807, 2.05) is 6.08 Å². The van der Waals surface area contributed by atoms with Crippen LogP contribution in [0.4, 0.5) is 0 Å². The topological polar surface area (TPSA) is 18.5 Å². The fraction of sp³-hybridized carbons (Fsp3) is 0.846. The lowest BCUT2D eigenvalue weighted by atomic mass is 10.1. The van der Waals surface area contributed by atoms with E-state index in [9.17, 15) is 0 Å². The van der Waals surface area contributed by atoms with Gasteiger partial charge in [0.15, 0.2) is 9.03 Å². The van der Waals surface area contributed by atoms with Gasteiger partial charge < -0.3 is 9.05 Å². The normalized spacial score (nSPS) is 13.4. The van der Waals surface area contributed by atoms with Crippen molar-refractivity contribution in [2.45, 2.75) is 64.9 Å². The van der Waals surface area contributed by atoms with Gasteiger partial charge in [-0.25, -0.2) is 0 Å². The molecule has 2 atom stereocenters. The zero-order chi connectivity index (χ0) is 12.1. The van der Waals surface area contributed by atoms with Gasteiger partial charge >= 0.3 is 0 Å². The lowest BCUT2D eigenvalue weighted by Gasteiger charge is -2.16. The zero-order valence-corrected chi connectivity index (χ0v) is 11.8. The molecule has 0 N–H and O–H groups in total. The van der Waals surface area contributed by atoms with Gasteiger partial charge in [0.2, 0.25) is 0 Å². The molecule has 0 aromatic rings. The lowest BCUT2D eigenvalue weighted by Crippen LogP contribution is -2.08. The molecule has 3 heteroatoms. The third kappa shape index (κ3) is 10.6. The van der Waals surface area contributed by atoms with Crippen molar-refractivity contribution in [3.8, 4) is 0 Å². The van der Waals surface area contributed by atoms with Crippen molar-refractivity contribution in [3.63, 3.8) is 0 Å². The molecule has 0 aliphatic carbocycles. The molecule has 0 fully saturated rings. The predicted octanol–water partition coefficient (Wildman–Crippen LogP) is 4.85. The summed E-state index contributed by atoms with van der Waals surface area (Å²) < 4.78 is 11.2. The second-order valence-electron chi connectivity index (χ2n) is 4.03. The Labute approximate surface area is 103 Å². The maximum Gasteiger partial charge on any atom is 0.155 e. The highest BCUT2D eigenvalue weighted by Crippen LogP contribution is 2.23. The first-order valence-corrected chi connectivity index (χ1v) is 7.30. The lowest BCUT2D eigenvalue weighted by molar-refractivity contribution is 0.170. The fourth-order valence-electron chi connectivity index (χ4n) is 1.43. The number of unbranched alkanes of at least 4 members (excludes halogenated alkanes) is 2. The Morgan fingerprint density at radius 1 is 1.19 bits per heavy atom. The standard InChI is InChI=1S/C13H27O2P/c1-4-7-9-11-13(10-6-3)15-16-14-12-8-5-2/h4,13,16H,1,5-12H2,2-3H3. The molecule has 0 radical (unpaired) electrons. The van der Waals surface area contributed by atoms with Crippen LogP contribution in [0.3, 0.4) is 0 Å². The molecule has 0 saturated carbocycles. The second-order valence-corrected chi connectivity index (χ2v) is 4.72. The minimum absolute atomic E-state index is 0.218. The van der Waals surface area contributed by atoms with Crippen molar-refractivity contribution in [1.29, 1.82) is 0 Å². The van der Waals surface area contributed by atoms with Crippen molar-refractivity contribution in [3.05, 3.63) is 12.7 Å². The monoisotopic (exact) mass is 246 g/mol. The Bertz CT molecular complexity index is 151. The minimum atomic E-state index is 0.218. The second kappa shape index (κ2) is 13.2. The van der Waals surface area contributed by atoms with E-state index in [0.29, 0.717) is 6.10 Å². The van der Waals surface area contributed by atoms with E-state index in [4.69, 9.17) is 9.05 Å². The van der Waals surface area contributed by atoms with E-state index in [2.05, 4.69) is 20.4 Å². The maximum absolute atomic E-state index is 5.75. The van der Waals surface area contributed by atoms with Crippen LogP contribution in [0.25, 0.3) is 0 Å². The highest BCUT2D eigenvalue weighted by Gasteiger charge is 2.07. The number of hydrogen-bond donors (Lipinski definition) is 0. The molecule has 0 bridgehead atoms. The Morgan fingerprint density at radius 3 is 2.62 bits per heavy atom. The van der Waals surface area contributed by atoms with E-state index < -0.39 is 0 Å². The zero-order valence-electron chi connectivity index (χ0n) is 10.8. The van der Waals surface area contributed by atoms with E-state index >= 15 is 0 Å². The average Bonchev–Trinajstić information content (AvgIpc) is 2.29. The van der Waals surface area contributed by atoms with Gasteiger partial charge in [0.25, 0.3) is 0 Å². The highest BCUT2D eigenvalue weighted by molar-refractivity contribution is 7.26. The van der Waals surface area contributed by atoms with Crippen LogP contribution in [-0.4, -0.2) is 12.7 Å². The van der Waals surface area contributed by atoms with Gasteiger partial charge in [-0.15, -0.1) is 6.58 Å².